The van der Waals surface area contributed by atoms with Gasteiger partial charge in [0.1, 0.15) is 10.8 Å². The van der Waals surface area contributed by atoms with E-state index in [1.165, 1.54) is 16.5 Å². The summed E-state index contributed by atoms with van der Waals surface area (Å²) in [5.74, 6) is 1.01. The lowest BCUT2D eigenvalue weighted by Crippen LogP contribution is -2.24. The molecule has 0 fully saturated rings. The number of hydrogen-bond acceptors (Lipinski definition) is 6. The zero-order chi connectivity index (χ0) is 18.6. The Bertz CT molecular complexity index is 994. The van der Waals surface area contributed by atoms with E-state index in [1.807, 2.05) is 31.7 Å². The number of thiazole rings is 1. The standard InChI is InChI=1S/C21H22N4S2/c1-25(2)20-17(12-16-5-3-4-6-18(16)24-20)13-23-19(21-22-8-10-27-21)11-15-7-9-26-14-15/h3-10,12,14,19,23H,11,13H2,1-2H3. The van der Waals surface area contributed by atoms with Crippen molar-refractivity contribution < 1.29 is 0 Å². The first-order valence-corrected chi connectivity index (χ1v) is 10.7. The molecular weight excluding hydrogens is 372 g/mol. The van der Waals surface area contributed by atoms with Crippen LogP contribution in [0.25, 0.3) is 10.9 Å². The maximum atomic E-state index is 4.87. The number of nitrogens with one attached hydrogen (secondary N) is 1. The highest BCUT2D eigenvalue weighted by Gasteiger charge is 2.17. The summed E-state index contributed by atoms with van der Waals surface area (Å²) < 4.78 is 0. The molecule has 0 aliphatic rings. The van der Waals surface area contributed by atoms with Crippen molar-refractivity contribution >= 4 is 39.4 Å². The van der Waals surface area contributed by atoms with Gasteiger partial charge in [0.15, 0.2) is 0 Å². The number of para-hydroxylation sites is 1. The van der Waals surface area contributed by atoms with Gasteiger partial charge in [0.2, 0.25) is 0 Å². The molecule has 0 saturated carbocycles. The summed E-state index contributed by atoms with van der Waals surface area (Å²) in [6.45, 7) is 0.750. The predicted molar refractivity (Wildman–Crippen MR) is 116 cm³/mol. The van der Waals surface area contributed by atoms with E-state index in [2.05, 4.69) is 56.3 Å². The molecule has 1 aromatic carbocycles. The third-order valence-electron chi connectivity index (χ3n) is 4.51. The Labute approximate surface area is 167 Å². The van der Waals surface area contributed by atoms with Crippen molar-refractivity contribution in [1.82, 2.24) is 15.3 Å². The van der Waals surface area contributed by atoms with Crippen LogP contribution in [0.15, 0.2) is 58.7 Å². The van der Waals surface area contributed by atoms with Crippen molar-refractivity contribution in [3.8, 4) is 0 Å². The molecule has 3 heterocycles. The Balaban J connectivity index is 1.60. The van der Waals surface area contributed by atoms with Crippen LogP contribution < -0.4 is 10.2 Å². The third-order valence-corrected chi connectivity index (χ3v) is 6.13. The summed E-state index contributed by atoms with van der Waals surface area (Å²) >= 11 is 3.44. The van der Waals surface area contributed by atoms with Crippen LogP contribution in [-0.2, 0) is 13.0 Å². The van der Waals surface area contributed by atoms with E-state index >= 15 is 0 Å². The second kappa shape index (κ2) is 8.17. The predicted octanol–water partition coefficient (Wildman–Crippen LogP) is 4.89. The first-order valence-electron chi connectivity index (χ1n) is 8.90. The molecule has 1 unspecified atom stereocenters. The molecule has 27 heavy (non-hydrogen) atoms. The molecule has 4 nitrogen and oxygen atoms in total. The van der Waals surface area contributed by atoms with Crippen LogP contribution in [0.4, 0.5) is 5.82 Å². The van der Waals surface area contributed by atoms with Gasteiger partial charge >= 0.3 is 0 Å². The molecule has 4 rings (SSSR count). The molecule has 3 aromatic heterocycles. The molecule has 0 radical (unpaired) electrons. The Kier molecular flexibility index (Phi) is 5.48. The lowest BCUT2D eigenvalue weighted by Gasteiger charge is -2.20. The van der Waals surface area contributed by atoms with Gasteiger partial charge in [0.05, 0.1) is 11.6 Å². The average Bonchev–Trinajstić information content (AvgIpc) is 3.38. The molecular formula is C21H22N4S2. The van der Waals surface area contributed by atoms with E-state index in [9.17, 15) is 0 Å². The molecule has 1 N–H and O–H groups in total. The molecule has 0 spiro atoms. The summed E-state index contributed by atoms with van der Waals surface area (Å²) in [6.07, 6.45) is 2.82. The van der Waals surface area contributed by atoms with E-state index in [0.29, 0.717) is 0 Å². The SMILES string of the molecule is CN(C)c1nc2ccccc2cc1CNC(Cc1ccsc1)c1nccs1. The smallest absolute Gasteiger partial charge is 0.133 e. The second-order valence-corrected chi connectivity index (χ2v) is 8.40. The van der Waals surface area contributed by atoms with E-state index in [-0.39, 0.29) is 6.04 Å². The number of aromatic nitrogens is 2. The summed E-state index contributed by atoms with van der Waals surface area (Å²) in [7, 11) is 4.09. The number of anilines is 1. The Morgan fingerprint density at radius 3 is 2.78 bits per heavy atom. The van der Waals surface area contributed by atoms with Crippen molar-refractivity contribution in [3.05, 3.63) is 74.9 Å². The Morgan fingerprint density at radius 2 is 2.04 bits per heavy atom. The van der Waals surface area contributed by atoms with Gasteiger partial charge in [-0.15, -0.1) is 11.3 Å². The van der Waals surface area contributed by atoms with Gasteiger partial charge in [-0.05, 0) is 40.9 Å². The molecule has 4 aromatic rings. The molecule has 0 aliphatic carbocycles. The lowest BCUT2D eigenvalue weighted by atomic mass is 10.1. The van der Waals surface area contributed by atoms with Crippen molar-refractivity contribution in [3.63, 3.8) is 0 Å². The van der Waals surface area contributed by atoms with Gasteiger partial charge in [0, 0.05) is 43.2 Å². The lowest BCUT2D eigenvalue weighted by molar-refractivity contribution is 0.528. The van der Waals surface area contributed by atoms with E-state index < -0.39 is 0 Å². The third kappa shape index (κ3) is 4.18. The van der Waals surface area contributed by atoms with Gasteiger partial charge in [-0.1, -0.05) is 18.2 Å². The first kappa shape index (κ1) is 18.1. The molecule has 0 aliphatic heterocycles. The molecule has 0 amide bonds. The summed E-state index contributed by atoms with van der Waals surface area (Å²) in [5, 5.41) is 12.4. The van der Waals surface area contributed by atoms with Gasteiger partial charge in [0.25, 0.3) is 0 Å². The highest BCUT2D eigenvalue weighted by atomic mass is 32.1. The molecule has 6 heteroatoms. The number of hydrogen-bond donors (Lipinski definition) is 1. The minimum atomic E-state index is 0.195. The first-order chi connectivity index (χ1) is 13.2. The van der Waals surface area contributed by atoms with Gasteiger partial charge in [-0.3, -0.25) is 0 Å². The zero-order valence-electron chi connectivity index (χ0n) is 15.4. The zero-order valence-corrected chi connectivity index (χ0v) is 17.1. The van der Waals surface area contributed by atoms with Crippen LogP contribution in [0.3, 0.4) is 0 Å². The number of benzene rings is 1. The van der Waals surface area contributed by atoms with Crippen LogP contribution in [-0.4, -0.2) is 24.1 Å². The maximum Gasteiger partial charge on any atom is 0.133 e. The van der Waals surface area contributed by atoms with Gasteiger partial charge < -0.3 is 10.2 Å². The van der Waals surface area contributed by atoms with E-state index in [4.69, 9.17) is 4.98 Å². The number of pyridine rings is 1. The highest BCUT2D eigenvalue weighted by molar-refractivity contribution is 7.09. The topological polar surface area (TPSA) is 41.1 Å². The summed E-state index contributed by atoms with van der Waals surface area (Å²) in [6, 6.07) is 12.9. The van der Waals surface area contributed by atoms with Gasteiger partial charge in [-0.25, -0.2) is 9.97 Å². The fourth-order valence-electron chi connectivity index (χ4n) is 3.20. The molecule has 0 bridgehead atoms. The molecule has 138 valence electrons. The minimum absolute atomic E-state index is 0.195. The van der Waals surface area contributed by atoms with Crippen molar-refractivity contribution in [1.29, 1.82) is 0 Å². The average molecular weight is 395 g/mol. The van der Waals surface area contributed by atoms with Crippen molar-refractivity contribution in [2.24, 2.45) is 0 Å². The quantitative estimate of drug-likeness (QED) is 0.484. The second-order valence-electron chi connectivity index (χ2n) is 6.70. The van der Waals surface area contributed by atoms with Crippen LogP contribution in [0.2, 0.25) is 0 Å². The van der Waals surface area contributed by atoms with Crippen LogP contribution in [0.1, 0.15) is 22.2 Å². The van der Waals surface area contributed by atoms with Crippen molar-refractivity contribution in [2.75, 3.05) is 19.0 Å². The fraction of sp³-hybridized carbons (Fsp3) is 0.238. The van der Waals surface area contributed by atoms with Crippen molar-refractivity contribution in [2.45, 2.75) is 19.0 Å². The van der Waals surface area contributed by atoms with Crippen LogP contribution in [0.5, 0.6) is 0 Å². The Hall–Kier alpha value is -2.28. The number of rotatable bonds is 7. The van der Waals surface area contributed by atoms with E-state index in [1.54, 1.807) is 22.7 Å². The number of nitrogens with zero attached hydrogens (tertiary/aromatic N) is 3. The summed E-state index contributed by atoms with van der Waals surface area (Å²) in [4.78, 5) is 11.5. The molecule has 0 saturated heterocycles. The largest absolute Gasteiger partial charge is 0.362 e. The van der Waals surface area contributed by atoms with E-state index in [0.717, 1.165) is 29.3 Å². The normalized spacial score (nSPS) is 12.4. The van der Waals surface area contributed by atoms with Gasteiger partial charge in [-0.2, -0.15) is 11.3 Å². The highest BCUT2D eigenvalue weighted by Crippen LogP contribution is 2.25. The Morgan fingerprint density at radius 1 is 1.15 bits per heavy atom. The van der Waals surface area contributed by atoms with Crippen LogP contribution >= 0.6 is 22.7 Å². The number of fused-ring (bicyclic) bond motifs is 1. The van der Waals surface area contributed by atoms with Crippen LogP contribution in [0, 0.1) is 0 Å². The number of thiophene rings is 1. The minimum Gasteiger partial charge on any atom is -0.362 e. The maximum absolute atomic E-state index is 4.87. The monoisotopic (exact) mass is 394 g/mol. The summed E-state index contributed by atoms with van der Waals surface area (Å²) in [5.41, 5.74) is 3.57. The fourth-order valence-corrected chi connectivity index (χ4v) is 4.59. The molecule has 1 atom stereocenters.